The monoisotopic (exact) mass is 115 g/mol. The first-order valence-corrected chi connectivity index (χ1v) is 0.408. The summed E-state index contributed by atoms with van der Waals surface area (Å²) in [7, 11) is 0. The Kier molecular flexibility index (Phi) is 783000. The van der Waals surface area contributed by atoms with Gasteiger partial charge in [0.05, 0.1) is 0 Å². The van der Waals surface area contributed by atoms with Gasteiger partial charge in [-0.15, -0.1) is 0 Å². The van der Waals surface area contributed by atoms with Crippen LogP contribution in [0.2, 0.25) is 0 Å². The molecule has 0 spiro atoms. The Balaban J connectivity index is -0.0000000133. The van der Waals surface area contributed by atoms with Crippen LogP contribution < -0.4 is 0 Å². The molecule has 0 N–H and O–H groups in total. The minimum absolute atomic E-state index is 0. The molecule has 3 heteroatoms. The van der Waals surface area contributed by atoms with E-state index < -0.39 is 0 Å². The predicted octanol–water partition coefficient (Wildman–Crippen LogP) is -0.0775. The van der Waals surface area contributed by atoms with Gasteiger partial charge >= 0.3 is 22.6 Å². The SMILES string of the molecule is [C-]#[O+].[C-]#[O+].[Co]. The Labute approximate surface area is 40.2 Å². The van der Waals surface area contributed by atoms with Gasteiger partial charge in [0.25, 0.3) is 0 Å². The fourth-order valence-corrected chi connectivity index (χ4v) is 0. The van der Waals surface area contributed by atoms with Gasteiger partial charge < -0.3 is 0 Å². The van der Waals surface area contributed by atoms with E-state index in [2.05, 4.69) is 13.3 Å². The van der Waals surface area contributed by atoms with E-state index >= 15 is 0 Å². The summed E-state index contributed by atoms with van der Waals surface area (Å²) in [6.45, 7) is 9.00. The second-order valence-electron chi connectivity index (χ2n) is 0. The molecule has 0 aromatic rings. The van der Waals surface area contributed by atoms with E-state index in [4.69, 9.17) is 9.30 Å². The molecule has 0 rings (SSSR count). The third kappa shape index (κ3) is 86200. The maximum atomic E-state index is 7.50. The first-order valence-electron chi connectivity index (χ1n) is 0.408. The molecule has 0 aromatic heterocycles. The van der Waals surface area contributed by atoms with Crippen LogP contribution in [0, 0.1) is 13.3 Å². The van der Waals surface area contributed by atoms with Crippen molar-refractivity contribution in [2.75, 3.05) is 0 Å². The molecule has 0 aliphatic rings. The van der Waals surface area contributed by atoms with E-state index in [-0.39, 0.29) is 16.8 Å². The smallest absolute Gasteiger partial charge is 0 e. The van der Waals surface area contributed by atoms with E-state index in [1.54, 1.807) is 0 Å². The molecule has 5 heavy (non-hydrogen) atoms. The molecule has 0 atom stereocenters. The van der Waals surface area contributed by atoms with Crippen molar-refractivity contribution < 1.29 is 26.1 Å². The molecule has 0 unspecified atom stereocenters. The standard InChI is InChI=1S/2CO.Co/c2*1-2;. The largest absolute Gasteiger partial charge is 0 e. The van der Waals surface area contributed by atoms with E-state index in [0.717, 1.165) is 0 Å². The molecule has 0 saturated heterocycles. The van der Waals surface area contributed by atoms with Crippen LogP contribution in [-0.4, -0.2) is 0 Å². The van der Waals surface area contributed by atoms with Crippen LogP contribution in [0.4, 0.5) is 0 Å². The molecule has 0 aromatic carbocycles. The summed E-state index contributed by atoms with van der Waals surface area (Å²) in [5, 5.41) is 0. The van der Waals surface area contributed by atoms with Crippen molar-refractivity contribution in [3.05, 3.63) is 13.3 Å². The van der Waals surface area contributed by atoms with Gasteiger partial charge in [-0.05, 0) is 0 Å². The van der Waals surface area contributed by atoms with Crippen LogP contribution in [0.1, 0.15) is 0 Å². The summed E-state index contributed by atoms with van der Waals surface area (Å²) in [6.07, 6.45) is 0. The van der Waals surface area contributed by atoms with Crippen LogP contribution in [-0.2, 0) is 26.1 Å². The van der Waals surface area contributed by atoms with Gasteiger partial charge in [-0.2, -0.15) is 0 Å². The van der Waals surface area contributed by atoms with Crippen LogP contribution in [0.5, 0.6) is 0 Å². The molecule has 0 aliphatic carbocycles. The number of hydrogen-bond acceptors (Lipinski definition) is 0. The Morgan fingerprint density at radius 1 is 0.800 bits per heavy atom. The Hall–Kier alpha value is -0.0135. The van der Waals surface area contributed by atoms with Crippen molar-refractivity contribution in [1.82, 2.24) is 0 Å². The van der Waals surface area contributed by atoms with E-state index in [9.17, 15) is 0 Å². The molecule has 1 radical (unpaired) electrons. The van der Waals surface area contributed by atoms with Gasteiger partial charge in [-0.25, -0.2) is 0 Å². The van der Waals surface area contributed by atoms with Crippen LogP contribution in [0.15, 0.2) is 0 Å². The van der Waals surface area contributed by atoms with Crippen molar-refractivity contribution in [3.63, 3.8) is 0 Å². The number of hydrogen-bond donors (Lipinski definition) is 0. The maximum absolute atomic E-state index is 7.50. The third-order valence-corrected chi connectivity index (χ3v) is 0. The van der Waals surface area contributed by atoms with Crippen LogP contribution >= 0.6 is 0 Å². The first-order chi connectivity index (χ1) is 2.00. The Morgan fingerprint density at radius 2 is 0.800 bits per heavy atom. The van der Waals surface area contributed by atoms with Gasteiger partial charge in [-0.1, -0.05) is 0 Å². The summed E-state index contributed by atoms with van der Waals surface area (Å²) >= 11 is 0. The number of rotatable bonds is 0. The molecule has 2 nitrogen and oxygen atoms in total. The average Bonchev–Trinajstić information content (AvgIpc) is 1.50. The fourth-order valence-electron chi connectivity index (χ4n) is 0. The first kappa shape index (κ1) is 20.1. The quantitative estimate of drug-likeness (QED) is 0.313. The minimum Gasteiger partial charge on any atom is 0 e. The van der Waals surface area contributed by atoms with Gasteiger partial charge in [0.15, 0.2) is 0 Å². The van der Waals surface area contributed by atoms with Crippen molar-refractivity contribution >= 4 is 0 Å². The predicted molar refractivity (Wildman–Crippen MR) is 7.86 cm³/mol. The molecule has 0 fully saturated rings. The molecule has 29 valence electrons. The van der Waals surface area contributed by atoms with Gasteiger partial charge in [0.2, 0.25) is 0 Å². The van der Waals surface area contributed by atoms with E-state index in [0.29, 0.717) is 0 Å². The summed E-state index contributed by atoms with van der Waals surface area (Å²) in [5.74, 6) is 0. The second-order valence-corrected chi connectivity index (χ2v) is 0. The molecular formula is C2CoO2. The molecule has 0 aliphatic heterocycles. The van der Waals surface area contributed by atoms with Crippen LogP contribution in [0.25, 0.3) is 0 Å². The molecular weight excluding hydrogens is 115 g/mol. The van der Waals surface area contributed by atoms with Gasteiger partial charge in [0.1, 0.15) is 0 Å². The normalized spacial score (nSPS) is 0.800. The average molecular weight is 115 g/mol. The minimum atomic E-state index is 0. The van der Waals surface area contributed by atoms with Crippen LogP contribution in [0.3, 0.4) is 0 Å². The zero-order valence-electron chi connectivity index (χ0n) is 2.15. The van der Waals surface area contributed by atoms with Crippen molar-refractivity contribution in [1.29, 1.82) is 0 Å². The van der Waals surface area contributed by atoms with Crippen molar-refractivity contribution in [2.24, 2.45) is 0 Å². The maximum Gasteiger partial charge on any atom is 0 e. The Morgan fingerprint density at radius 3 is 0.800 bits per heavy atom. The zero-order chi connectivity index (χ0) is 4.00. The third-order valence-electron chi connectivity index (χ3n) is 0. The molecule has 0 bridgehead atoms. The zero-order valence-corrected chi connectivity index (χ0v) is 3.19. The second kappa shape index (κ2) is 195000. The van der Waals surface area contributed by atoms with Crippen molar-refractivity contribution in [3.8, 4) is 0 Å². The van der Waals surface area contributed by atoms with Gasteiger partial charge in [0, 0.05) is 16.8 Å². The van der Waals surface area contributed by atoms with E-state index in [1.807, 2.05) is 0 Å². The molecule has 0 saturated carbocycles. The van der Waals surface area contributed by atoms with E-state index in [1.165, 1.54) is 0 Å². The summed E-state index contributed by atoms with van der Waals surface area (Å²) in [4.78, 5) is 0. The molecule has 0 heterocycles. The van der Waals surface area contributed by atoms with Crippen molar-refractivity contribution in [2.45, 2.75) is 0 Å². The fraction of sp³-hybridized carbons (Fsp3) is 0. The topological polar surface area (TPSA) is 39.8 Å². The summed E-state index contributed by atoms with van der Waals surface area (Å²) < 4.78 is 15.0. The molecule has 0 amide bonds. The summed E-state index contributed by atoms with van der Waals surface area (Å²) in [6, 6.07) is 0. The summed E-state index contributed by atoms with van der Waals surface area (Å²) in [5.41, 5.74) is 0. The van der Waals surface area contributed by atoms with Gasteiger partial charge in [-0.3, -0.25) is 0 Å². The Bertz CT molecular complexity index is 23.1.